The minimum Gasteiger partial charge on any atom is -0.478 e. The van der Waals surface area contributed by atoms with Gasteiger partial charge >= 0.3 is 11.9 Å². The molecule has 0 atom stereocenters. The lowest BCUT2D eigenvalue weighted by Crippen LogP contribution is -2.05. The SMILES string of the molecule is N#CNc1cc(C(=O)O)ccc1C(=O)O. The van der Waals surface area contributed by atoms with E-state index in [9.17, 15) is 9.59 Å². The van der Waals surface area contributed by atoms with Gasteiger partial charge in [-0.1, -0.05) is 0 Å². The average molecular weight is 206 g/mol. The second-order valence-corrected chi connectivity index (χ2v) is 2.61. The largest absolute Gasteiger partial charge is 0.478 e. The van der Waals surface area contributed by atoms with E-state index in [0.717, 1.165) is 18.2 Å². The number of hydrogen-bond donors (Lipinski definition) is 3. The number of carbonyl (C=O) groups is 2. The maximum absolute atomic E-state index is 10.7. The summed E-state index contributed by atoms with van der Waals surface area (Å²) in [6, 6.07) is 3.38. The Morgan fingerprint density at radius 2 is 1.93 bits per heavy atom. The van der Waals surface area contributed by atoms with Crippen molar-refractivity contribution in [3.05, 3.63) is 29.3 Å². The second-order valence-electron chi connectivity index (χ2n) is 2.61. The molecule has 6 heteroatoms. The molecule has 0 radical (unpaired) electrons. The lowest BCUT2D eigenvalue weighted by atomic mass is 10.1. The summed E-state index contributed by atoms with van der Waals surface area (Å²) in [7, 11) is 0. The summed E-state index contributed by atoms with van der Waals surface area (Å²) in [6.07, 6.45) is 1.54. The van der Waals surface area contributed by atoms with Gasteiger partial charge in [0.25, 0.3) is 0 Å². The fourth-order valence-electron chi connectivity index (χ4n) is 1.03. The maximum atomic E-state index is 10.7. The van der Waals surface area contributed by atoms with Crippen LogP contribution in [0.4, 0.5) is 5.69 Å². The lowest BCUT2D eigenvalue weighted by molar-refractivity contribution is 0.0682. The van der Waals surface area contributed by atoms with Crippen molar-refractivity contribution in [1.82, 2.24) is 0 Å². The number of nitrogens with one attached hydrogen (secondary N) is 1. The van der Waals surface area contributed by atoms with Crippen LogP contribution in [0.25, 0.3) is 0 Å². The zero-order chi connectivity index (χ0) is 11.4. The van der Waals surface area contributed by atoms with Crippen LogP contribution in [0.15, 0.2) is 18.2 Å². The van der Waals surface area contributed by atoms with Gasteiger partial charge in [-0.15, -0.1) is 0 Å². The molecule has 0 heterocycles. The van der Waals surface area contributed by atoms with Gasteiger partial charge in [0.2, 0.25) is 0 Å². The molecule has 0 spiro atoms. The van der Waals surface area contributed by atoms with E-state index < -0.39 is 11.9 Å². The molecule has 0 aromatic heterocycles. The fraction of sp³-hybridized carbons (Fsp3) is 0. The van der Waals surface area contributed by atoms with Crippen molar-refractivity contribution in [2.45, 2.75) is 0 Å². The summed E-state index contributed by atoms with van der Waals surface area (Å²) in [5, 5.41) is 27.8. The quantitative estimate of drug-likeness (QED) is 0.502. The fourth-order valence-corrected chi connectivity index (χ4v) is 1.03. The third-order valence-corrected chi connectivity index (χ3v) is 1.69. The van der Waals surface area contributed by atoms with Gasteiger partial charge in [-0.3, -0.25) is 5.32 Å². The summed E-state index contributed by atoms with van der Waals surface area (Å²) in [5.41, 5.74) is -0.274. The summed E-state index contributed by atoms with van der Waals surface area (Å²) >= 11 is 0. The summed E-state index contributed by atoms with van der Waals surface area (Å²) in [5.74, 6) is -2.42. The Morgan fingerprint density at radius 1 is 1.27 bits per heavy atom. The molecule has 0 aliphatic rings. The Bertz CT molecular complexity index is 462. The predicted molar refractivity (Wildman–Crippen MR) is 49.6 cm³/mol. The normalized spacial score (nSPS) is 9.00. The average Bonchev–Trinajstić information content (AvgIpc) is 2.17. The lowest BCUT2D eigenvalue weighted by Gasteiger charge is -2.04. The van der Waals surface area contributed by atoms with Crippen LogP contribution in [0.3, 0.4) is 0 Å². The molecule has 0 amide bonds. The van der Waals surface area contributed by atoms with E-state index in [-0.39, 0.29) is 16.8 Å². The van der Waals surface area contributed by atoms with Gasteiger partial charge in [-0.05, 0) is 18.2 Å². The number of nitriles is 1. The highest BCUT2D eigenvalue weighted by Gasteiger charge is 2.12. The highest BCUT2D eigenvalue weighted by Crippen LogP contribution is 2.17. The predicted octanol–water partition coefficient (Wildman–Crippen LogP) is 0.976. The highest BCUT2D eigenvalue weighted by molar-refractivity contribution is 5.97. The van der Waals surface area contributed by atoms with Crippen molar-refractivity contribution in [3.8, 4) is 6.19 Å². The zero-order valence-electron chi connectivity index (χ0n) is 7.39. The van der Waals surface area contributed by atoms with Gasteiger partial charge in [0.05, 0.1) is 16.8 Å². The molecule has 0 aliphatic carbocycles. The first-order valence-electron chi connectivity index (χ1n) is 3.82. The molecule has 0 aliphatic heterocycles. The van der Waals surface area contributed by atoms with Gasteiger partial charge in [-0.2, -0.15) is 5.26 Å². The first kappa shape index (κ1) is 10.5. The number of benzene rings is 1. The van der Waals surface area contributed by atoms with Crippen molar-refractivity contribution in [2.75, 3.05) is 5.32 Å². The molecule has 0 unspecified atom stereocenters. The third-order valence-electron chi connectivity index (χ3n) is 1.69. The van der Waals surface area contributed by atoms with E-state index in [1.807, 2.05) is 0 Å². The Kier molecular flexibility index (Phi) is 2.88. The smallest absolute Gasteiger partial charge is 0.337 e. The Labute approximate surface area is 84.4 Å². The van der Waals surface area contributed by atoms with Crippen LogP contribution in [-0.2, 0) is 0 Å². The van der Waals surface area contributed by atoms with Gasteiger partial charge in [0, 0.05) is 0 Å². The van der Waals surface area contributed by atoms with Crippen LogP contribution >= 0.6 is 0 Å². The maximum Gasteiger partial charge on any atom is 0.337 e. The number of hydrogen-bond acceptors (Lipinski definition) is 4. The first-order valence-corrected chi connectivity index (χ1v) is 3.82. The van der Waals surface area contributed by atoms with Crippen LogP contribution in [-0.4, -0.2) is 22.2 Å². The van der Waals surface area contributed by atoms with Crippen molar-refractivity contribution < 1.29 is 19.8 Å². The minimum atomic E-state index is -1.23. The molecular weight excluding hydrogens is 200 g/mol. The molecule has 0 fully saturated rings. The first-order chi connectivity index (χ1) is 7.06. The van der Waals surface area contributed by atoms with Crippen molar-refractivity contribution >= 4 is 17.6 Å². The van der Waals surface area contributed by atoms with Crippen LogP contribution in [0.2, 0.25) is 0 Å². The molecule has 0 saturated carbocycles. The molecule has 0 bridgehead atoms. The molecule has 76 valence electrons. The molecule has 3 N–H and O–H groups in total. The van der Waals surface area contributed by atoms with Crippen molar-refractivity contribution in [3.63, 3.8) is 0 Å². The second kappa shape index (κ2) is 4.11. The van der Waals surface area contributed by atoms with E-state index in [1.54, 1.807) is 0 Å². The van der Waals surface area contributed by atoms with Gasteiger partial charge in [0.15, 0.2) is 6.19 Å². The Morgan fingerprint density at radius 3 is 2.40 bits per heavy atom. The number of rotatable bonds is 3. The highest BCUT2D eigenvalue weighted by atomic mass is 16.4. The Hall–Kier alpha value is -2.55. The molecule has 1 aromatic rings. The topological polar surface area (TPSA) is 110 Å². The van der Waals surface area contributed by atoms with E-state index in [2.05, 4.69) is 5.32 Å². The van der Waals surface area contributed by atoms with Crippen LogP contribution in [0, 0.1) is 11.5 Å². The third kappa shape index (κ3) is 2.22. The molecule has 15 heavy (non-hydrogen) atoms. The molecule has 6 nitrogen and oxygen atoms in total. The molecular formula is C9H6N2O4. The molecule has 0 saturated heterocycles. The summed E-state index contributed by atoms with van der Waals surface area (Å²) < 4.78 is 0. The van der Waals surface area contributed by atoms with Gasteiger partial charge in [-0.25, -0.2) is 9.59 Å². The van der Waals surface area contributed by atoms with E-state index in [1.165, 1.54) is 6.19 Å². The van der Waals surface area contributed by atoms with Crippen LogP contribution in [0.1, 0.15) is 20.7 Å². The van der Waals surface area contributed by atoms with Gasteiger partial charge in [0.1, 0.15) is 0 Å². The van der Waals surface area contributed by atoms with Crippen molar-refractivity contribution in [2.24, 2.45) is 0 Å². The number of carboxylic acids is 2. The van der Waals surface area contributed by atoms with E-state index >= 15 is 0 Å². The van der Waals surface area contributed by atoms with E-state index in [4.69, 9.17) is 15.5 Å². The number of aromatic carboxylic acids is 2. The van der Waals surface area contributed by atoms with Gasteiger partial charge < -0.3 is 10.2 Å². The number of anilines is 1. The Balaban J connectivity index is 3.27. The van der Waals surface area contributed by atoms with Crippen molar-refractivity contribution in [1.29, 1.82) is 5.26 Å². The van der Waals surface area contributed by atoms with Crippen LogP contribution < -0.4 is 5.32 Å². The monoisotopic (exact) mass is 206 g/mol. The number of carboxylic acid groups (broad SMARTS) is 2. The molecule has 1 aromatic carbocycles. The zero-order valence-corrected chi connectivity index (χ0v) is 7.39. The van der Waals surface area contributed by atoms with Crippen LogP contribution in [0.5, 0.6) is 0 Å². The molecule has 1 rings (SSSR count). The number of nitrogens with zero attached hydrogens (tertiary/aromatic N) is 1. The summed E-state index contributed by atoms with van der Waals surface area (Å²) in [4.78, 5) is 21.3. The summed E-state index contributed by atoms with van der Waals surface area (Å²) in [6.45, 7) is 0. The standard InChI is InChI=1S/C9H6N2O4/c10-4-11-7-3-5(8(12)13)1-2-6(7)9(14)15/h1-3,11H,(H,12,13)(H,14,15). The van der Waals surface area contributed by atoms with E-state index in [0.29, 0.717) is 0 Å². The minimum absolute atomic E-state index is 0.0371.